The molecule has 4 atom stereocenters. The Morgan fingerprint density at radius 2 is 1.93 bits per heavy atom. The number of Topliss-reactive ketones (excluding diaryl/α,β-unsaturated/α-hetero) is 1. The first-order valence-corrected chi connectivity index (χ1v) is 9.69. The van der Waals surface area contributed by atoms with Crippen LogP contribution >= 0.6 is 0 Å². The molecule has 3 N–H and O–H groups in total. The Bertz CT molecular complexity index is 573. The van der Waals surface area contributed by atoms with Gasteiger partial charge in [0.2, 0.25) is 0 Å². The van der Waals surface area contributed by atoms with Crippen molar-refractivity contribution in [3.05, 3.63) is 48.6 Å². The summed E-state index contributed by atoms with van der Waals surface area (Å²) in [7, 11) is 0. The van der Waals surface area contributed by atoms with Gasteiger partial charge >= 0.3 is 5.97 Å². The topological polar surface area (TPSA) is 94.8 Å². The third-order valence-corrected chi connectivity index (χ3v) is 4.59. The number of carboxylic acids is 1. The highest BCUT2D eigenvalue weighted by Crippen LogP contribution is 2.33. The second kappa shape index (κ2) is 13.2. The van der Waals surface area contributed by atoms with Gasteiger partial charge in [-0.2, -0.15) is 0 Å². The Hall–Kier alpha value is -1.98. The van der Waals surface area contributed by atoms with Gasteiger partial charge in [-0.25, -0.2) is 0 Å². The molecule has 0 aliphatic heterocycles. The first-order chi connectivity index (χ1) is 13.0. The third kappa shape index (κ3) is 9.50. The standard InChI is InChI=1S/C22H32O5/c1-2-3-4-5-6-9-12-18-19(21(25)16-20(18)24)15-14-17(23)11-8-7-10-13-22(26)27/h3-4,6-9,14-15,17-19,21,23,25H,2,5,10-13,16H2,1H3,(H,26,27). The van der Waals surface area contributed by atoms with Crippen LogP contribution in [0.15, 0.2) is 48.6 Å². The molecule has 1 rings (SSSR count). The summed E-state index contributed by atoms with van der Waals surface area (Å²) in [6.45, 7) is 2.08. The van der Waals surface area contributed by atoms with Gasteiger partial charge in [0.25, 0.3) is 0 Å². The minimum atomic E-state index is -0.846. The van der Waals surface area contributed by atoms with E-state index >= 15 is 0 Å². The molecule has 1 aliphatic rings. The number of carbonyl (C=O) groups is 2. The fourth-order valence-corrected chi connectivity index (χ4v) is 3.10. The molecule has 0 amide bonds. The minimum absolute atomic E-state index is 0.0638. The zero-order chi connectivity index (χ0) is 20.1. The maximum atomic E-state index is 12.1. The molecular weight excluding hydrogens is 344 g/mol. The molecule has 0 spiro atoms. The molecule has 0 aromatic rings. The highest BCUT2D eigenvalue weighted by Gasteiger charge is 2.39. The first kappa shape index (κ1) is 23.1. The number of ketones is 1. The molecule has 1 fully saturated rings. The van der Waals surface area contributed by atoms with E-state index in [0.29, 0.717) is 19.3 Å². The second-order valence-corrected chi connectivity index (χ2v) is 6.84. The lowest BCUT2D eigenvalue weighted by Gasteiger charge is -2.16. The summed E-state index contributed by atoms with van der Waals surface area (Å²) in [5, 5.41) is 28.7. The number of hydrogen-bond donors (Lipinski definition) is 3. The average Bonchev–Trinajstić information content (AvgIpc) is 2.88. The van der Waals surface area contributed by atoms with E-state index in [1.807, 2.05) is 12.2 Å². The van der Waals surface area contributed by atoms with Crippen LogP contribution in [0.1, 0.15) is 51.9 Å². The van der Waals surface area contributed by atoms with Gasteiger partial charge in [0.15, 0.2) is 0 Å². The molecule has 0 aromatic heterocycles. The van der Waals surface area contributed by atoms with Crippen LogP contribution in [0.25, 0.3) is 0 Å². The Labute approximate surface area is 161 Å². The number of aliphatic hydroxyl groups excluding tert-OH is 2. The first-order valence-electron chi connectivity index (χ1n) is 9.69. The fourth-order valence-electron chi connectivity index (χ4n) is 3.10. The highest BCUT2D eigenvalue weighted by molar-refractivity contribution is 5.84. The van der Waals surface area contributed by atoms with Crippen molar-refractivity contribution in [3.63, 3.8) is 0 Å². The van der Waals surface area contributed by atoms with E-state index in [2.05, 4.69) is 19.1 Å². The van der Waals surface area contributed by atoms with E-state index < -0.39 is 18.2 Å². The molecule has 150 valence electrons. The van der Waals surface area contributed by atoms with Crippen LogP contribution in [0.2, 0.25) is 0 Å². The molecule has 0 aromatic carbocycles. The molecule has 4 unspecified atom stereocenters. The Morgan fingerprint density at radius 1 is 1.19 bits per heavy atom. The van der Waals surface area contributed by atoms with Crippen LogP contribution in [0.4, 0.5) is 0 Å². The van der Waals surface area contributed by atoms with E-state index in [0.717, 1.165) is 12.8 Å². The van der Waals surface area contributed by atoms with Crippen LogP contribution in [0.5, 0.6) is 0 Å². The second-order valence-electron chi connectivity index (χ2n) is 6.84. The van der Waals surface area contributed by atoms with Crippen molar-refractivity contribution in [1.82, 2.24) is 0 Å². The normalized spacial score (nSPS) is 24.9. The van der Waals surface area contributed by atoms with Crippen LogP contribution < -0.4 is 0 Å². The molecular formula is C22H32O5. The maximum Gasteiger partial charge on any atom is 0.303 e. The van der Waals surface area contributed by atoms with Crippen LogP contribution in [0, 0.1) is 11.8 Å². The largest absolute Gasteiger partial charge is 0.481 e. The van der Waals surface area contributed by atoms with Gasteiger partial charge in [0, 0.05) is 24.7 Å². The van der Waals surface area contributed by atoms with Crippen LogP contribution in [0.3, 0.4) is 0 Å². The van der Waals surface area contributed by atoms with Crippen molar-refractivity contribution in [2.75, 3.05) is 0 Å². The van der Waals surface area contributed by atoms with Gasteiger partial charge in [-0.15, -0.1) is 0 Å². The van der Waals surface area contributed by atoms with Gasteiger partial charge in [0.1, 0.15) is 5.78 Å². The molecule has 0 bridgehead atoms. The van der Waals surface area contributed by atoms with Gasteiger partial charge in [-0.3, -0.25) is 9.59 Å². The summed E-state index contributed by atoms with van der Waals surface area (Å²) in [5.74, 6) is -1.31. The van der Waals surface area contributed by atoms with E-state index in [9.17, 15) is 19.8 Å². The molecule has 0 heterocycles. The molecule has 0 saturated heterocycles. The van der Waals surface area contributed by atoms with Gasteiger partial charge in [0.05, 0.1) is 12.2 Å². The monoisotopic (exact) mass is 376 g/mol. The lowest BCUT2D eigenvalue weighted by molar-refractivity contribution is -0.136. The Balaban J connectivity index is 2.50. The van der Waals surface area contributed by atoms with Crippen molar-refractivity contribution >= 4 is 11.8 Å². The van der Waals surface area contributed by atoms with Crippen molar-refractivity contribution < 1.29 is 24.9 Å². The predicted molar refractivity (Wildman–Crippen MR) is 106 cm³/mol. The van der Waals surface area contributed by atoms with Crippen LogP contribution in [-0.4, -0.2) is 39.3 Å². The van der Waals surface area contributed by atoms with Gasteiger partial charge < -0.3 is 15.3 Å². The highest BCUT2D eigenvalue weighted by atomic mass is 16.4. The smallest absolute Gasteiger partial charge is 0.303 e. The number of aliphatic hydroxyl groups is 2. The number of allylic oxidation sites excluding steroid dienone is 5. The van der Waals surface area contributed by atoms with Crippen molar-refractivity contribution in [2.45, 2.75) is 64.1 Å². The number of carbonyl (C=O) groups excluding carboxylic acids is 1. The predicted octanol–water partition coefficient (Wildman–Crippen LogP) is 3.58. The summed E-state index contributed by atoms with van der Waals surface area (Å²) in [6, 6.07) is 0. The van der Waals surface area contributed by atoms with Crippen molar-refractivity contribution in [3.8, 4) is 0 Å². The quantitative estimate of drug-likeness (QED) is 0.453. The maximum absolute atomic E-state index is 12.1. The zero-order valence-corrected chi connectivity index (χ0v) is 16.0. The third-order valence-electron chi connectivity index (χ3n) is 4.59. The lowest BCUT2D eigenvalue weighted by Crippen LogP contribution is -2.18. The van der Waals surface area contributed by atoms with Gasteiger partial charge in [-0.05, 0) is 32.1 Å². The number of hydrogen-bond acceptors (Lipinski definition) is 4. The lowest BCUT2D eigenvalue weighted by atomic mass is 9.90. The summed E-state index contributed by atoms with van der Waals surface area (Å²) in [6.07, 6.45) is 17.1. The van der Waals surface area contributed by atoms with Crippen molar-refractivity contribution in [2.24, 2.45) is 11.8 Å². The summed E-state index contributed by atoms with van der Waals surface area (Å²) >= 11 is 0. The molecule has 1 saturated carbocycles. The number of rotatable bonds is 12. The fraction of sp³-hybridized carbons (Fsp3) is 0.545. The number of aliphatic carboxylic acids is 1. The van der Waals surface area contributed by atoms with E-state index in [1.165, 1.54) is 0 Å². The minimum Gasteiger partial charge on any atom is -0.481 e. The summed E-state index contributed by atoms with van der Waals surface area (Å²) in [4.78, 5) is 22.6. The van der Waals surface area contributed by atoms with E-state index in [4.69, 9.17) is 5.11 Å². The Kier molecular flexibility index (Phi) is 11.3. The molecule has 0 radical (unpaired) electrons. The molecule has 5 nitrogen and oxygen atoms in total. The molecule has 5 heteroatoms. The van der Waals surface area contributed by atoms with E-state index in [1.54, 1.807) is 24.3 Å². The zero-order valence-electron chi connectivity index (χ0n) is 16.0. The summed E-state index contributed by atoms with van der Waals surface area (Å²) < 4.78 is 0. The van der Waals surface area contributed by atoms with Crippen LogP contribution in [-0.2, 0) is 9.59 Å². The average molecular weight is 376 g/mol. The SMILES string of the molecule is CCC=CCC=CCC1C(=O)CC(O)C1C=CC(O)CC=CCCC(=O)O. The van der Waals surface area contributed by atoms with Crippen molar-refractivity contribution in [1.29, 1.82) is 0 Å². The number of carboxylic acid groups (broad SMARTS) is 1. The molecule has 27 heavy (non-hydrogen) atoms. The summed E-state index contributed by atoms with van der Waals surface area (Å²) in [5.41, 5.74) is 0. The van der Waals surface area contributed by atoms with Gasteiger partial charge in [-0.1, -0.05) is 55.5 Å². The Morgan fingerprint density at radius 3 is 2.63 bits per heavy atom. The van der Waals surface area contributed by atoms with E-state index in [-0.39, 0.29) is 30.5 Å². The molecule has 1 aliphatic carbocycles.